The number of fused-ring (bicyclic) bond motifs is 1. The van der Waals surface area contributed by atoms with Crippen molar-refractivity contribution in [1.82, 2.24) is 19.1 Å². The topological polar surface area (TPSA) is 84.7 Å². The Kier molecular flexibility index (Phi) is 6.90. The average Bonchev–Trinajstić information content (AvgIpc) is 3.07. The quantitative estimate of drug-likeness (QED) is 0.511. The largest absolute Gasteiger partial charge is 0.352 e. The van der Waals surface area contributed by atoms with Gasteiger partial charge in [0, 0.05) is 20.1 Å². The van der Waals surface area contributed by atoms with E-state index in [1.54, 1.807) is 7.05 Å². The fraction of sp³-hybridized carbons (Fsp3) is 0.500. The highest BCUT2D eigenvalue weighted by Gasteiger charge is 2.17. The Morgan fingerprint density at radius 2 is 1.72 bits per heavy atom. The second-order valence-electron chi connectivity index (χ2n) is 7.68. The molecule has 7 heteroatoms. The van der Waals surface area contributed by atoms with E-state index in [1.807, 2.05) is 4.57 Å². The van der Waals surface area contributed by atoms with E-state index >= 15 is 0 Å². The molecule has 0 aliphatic rings. The van der Waals surface area contributed by atoms with Crippen molar-refractivity contribution >= 4 is 17.1 Å². The number of H-pyrrole nitrogens is 1. The third-order valence-corrected chi connectivity index (χ3v) is 5.31. The van der Waals surface area contributed by atoms with Crippen LogP contribution in [-0.4, -0.2) is 19.1 Å². The number of aromatic amines is 1. The van der Waals surface area contributed by atoms with Gasteiger partial charge in [-0.3, -0.25) is 14.3 Å². The van der Waals surface area contributed by atoms with Gasteiger partial charge in [-0.2, -0.15) is 4.98 Å². The normalized spacial score (nSPS) is 11.3. The van der Waals surface area contributed by atoms with E-state index in [0.29, 0.717) is 30.2 Å². The maximum atomic E-state index is 12.5. The second-order valence-corrected chi connectivity index (χ2v) is 7.68. The maximum absolute atomic E-state index is 12.5. The average molecular weight is 398 g/mol. The summed E-state index contributed by atoms with van der Waals surface area (Å²) in [7, 11) is 1.63. The molecule has 156 valence electrons. The predicted octanol–water partition coefficient (Wildman–Crippen LogP) is 3.70. The number of imidazole rings is 1. The molecule has 2 N–H and O–H groups in total. The minimum atomic E-state index is -0.447. The molecule has 1 aromatic carbocycles. The molecule has 0 amide bonds. The molecule has 0 aliphatic heterocycles. The SMILES string of the molecule is CCCCCCCCn1c(NCc2ccc(C)cc2)nc2c1c(=O)[nH]c(=O)n2C. The Hall–Kier alpha value is -2.83. The first-order chi connectivity index (χ1) is 14.0. The van der Waals surface area contributed by atoms with Gasteiger partial charge in [0.25, 0.3) is 5.56 Å². The number of hydrogen-bond donors (Lipinski definition) is 2. The van der Waals surface area contributed by atoms with Gasteiger partial charge in [0.05, 0.1) is 0 Å². The number of hydrogen-bond acceptors (Lipinski definition) is 4. The first kappa shape index (κ1) is 20.9. The van der Waals surface area contributed by atoms with E-state index in [1.165, 1.54) is 35.8 Å². The molecule has 0 bridgehead atoms. The van der Waals surface area contributed by atoms with E-state index in [0.717, 1.165) is 18.4 Å². The molecular weight excluding hydrogens is 366 g/mol. The Morgan fingerprint density at radius 1 is 1.03 bits per heavy atom. The van der Waals surface area contributed by atoms with Crippen molar-refractivity contribution in [3.63, 3.8) is 0 Å². The molecule has 0 atom stereocenters. The highest BCUT2D eigenvalue weighted by atomic mass is 16.2. The van der Waals surface area contributed by atoms with Crippen molar-refractivity contribution in [2.45, 2.75) is 65.5 Å². The monoisotopic (exact) mass is 397 g/mol. The minimum Gasteiger partial charge on any atom is -0.352 e. The van der Waals surface area contributed by atoms with Crippen LogP contribution in [0.2, 0.25) is 0 Å². The summed E-state index contributed by atoms with van der Waals surface area (Å²) in [4.78, 5) is 31.5. The van der Waals surface area contributed by atoms with Gasteiger partial charge in [-0.15, -0.1) is 0 Å². The minimum absolute atomic E-state index is 0.384. The van der Waals surface area contributed by atoms with Gasteiger partial charge in [0.15, 0.2) is 11.2 Å². The van der Waals surface area contributed by atoms with Crippen LogP contribution in [-0.2, 0) is 20.1 Å². The molecule has 0 aliphatic carbocycles. The molecule has 0 unspecified atom stereocenters. The van der Waals surface area contributed by atoms with Crippen LogP contribution in [0.4, 0.5) is 5.95 Å². The number of nitrogens with one attached hydrogen (secondary N) is 2. The van der Waals surface area contributed by atoms with Gasteiger partial charge < -0.3 is 9.88 Å². The van der Waals surface area contributed by atoms with Gasteiger partial charge >= 0.3 is 5.69 Å². The fourth-order valence-corrected chi connectivity index (χ4v) is 3.52. The van der Waals surface area contributed by atoms with Gasteiger partial charge in [-0.05, 0) is 18.9 Å². The Balaban J connectivity index is 1.85. The van der Waals surface area contributed by atoms with Crippen LogP contribution in [0.5, 0.6) is 0 Å². The molecule has 0 spiro atoms. The molecule has 0 saturated heterocycles. The van der Waals surface area contributed by atoms with Crippen molar-refractivity contribution in [3.8, 4) is 0 Å². The van der Waals surface area contributed by atoms with E-state index in [4.69, 9.17) is 0 Å². The lowest BCUT2D eigenvalue weighted by Crippen LogP contribution is -2.29. The van der Waals surface area contributed by atoms with Crippen molar-refractivity contribution in [3.05, 3.63) is 56.2 Å². The highest BCUT2D eigenvalue weighted by Crippen LogP contribution is 2.18. The molecule has 7 nitrogen and oxygen atoms in total. The van der Waals surface area contributed by atoms with Crippen molar-refractivity contribution in [2.24, 2.45) is 7.05 Å². The summed E-state index contributed by atoms with van der Waals surface area (Å²) in [5.74, 6) is 0.626. The molecule has 2 aromatic heterocycles. The standard InChI is InChI=1S/C22H31N5O2/c1-4-5-6-7-8-9-14-27-18-19(26(3)22(29)25-20(18)28)24-21(27)23-15-17-12-10-16(2)11-13-17/h10-13H,4-9,14-15H2,1-3H3,(H,23,24)(H,25,28,29). The number of aromatic nitrogens is 4. The number of nitrogens with zero attached hydrogens (tertiary/aromatic N) is 3. The summed E-state index contributed by atoms with van der Waals surface area (Å²) in [6.07, 6.45) is 7.01. The zero-order valence-corrected chi connectivity index (χ0v) is 17.6. The van der Waals surface area contributed by atoms with Crippen LogP contribution in [0.25, 0.3) is 11.2 Å². The van der Waals surface area contributed by atoms with Gasteiger partial charge in [-0.25, -0.2) is 4.79 Å². The van der Waals surface area contributed by atoms with Gasteiger partial charge in [0.1, 0.15) is 0 Å². The number of rotatable bonds is 10. The summed E-state index contributed by atoms with van der Waals surface area (Å²) >= 11 is 0. The van der Waals surface area contributed by atoms with E-state index in [2.05, 4.69) is 53.4 Å². The molecule has 0 fully saturated rings. The Bertz CT molecular complexity index is 1060. The molecular formula is C22H31N5O2. The molecule has 3 rings (SSSR count). The lowest BCUT2D eigenvalue weighted by Gasteiger charge is -2.11. The Labute approximate surface area is 170 Å². The predicted molar refractivity (Wildman–Crippen MR) is 117 cm³/mol. The zero-order valence-electron chi connectivity index (χ0n) is 17.6. The summed E-state index contributed by atoms with van der Waals surface area (Å²) in [6, 6.07) is 8.30. The number of unbranched alkanes of at least 4 members (excludes halogenated alkanes) is 5. The van der Waals surface area contributed by atoms with Gasteiger partial charge in [-0.1, -0.05) is 68.9 Å². The summed E-state index contributed by atoms with van der Waals surface area (Å²) in [5.41, 5.74) is 2.38. The third-order valence-electron chi connectivity index (χ3n) is 5.31. The summed E-state index contributed by atoms with van der Waals surface area (Å²) in [6.45, 7) is 5.57. The van der Waals surface area contributed by atoms with Crippen molar-refractivity contribution in [2.75, 3.05) is 5.32 Å². The number of benzene rings is 1. The third kappa shape index (κ3) is 4.96. The summed E-state index contributed by atoms with van der Waals surface area (Å²) < 4.78 is 3.31. The Morgan fingerprint density at radius 3 is 2.45 bits per heavy atom. The highest BCUT2D eigenvalue weighted by molar-refractivity contribution is 5.74. The zero-order chi connectivity index (χ0) is 20.8. The van der Waals surface area contributed by atoms with Crippen molar-refractivity contribution < 1.29 is 0 Å². The van der Waals surface area contributed by atoms with E-state index in [-0.39, 0.29) is 5.56 Å². The van der Waals surface area contributed by atoms with Crippen molar-refractivity contribution in [1.29, 1.82) is 0 Å². The number of aryl methyl sites for hydroxylation is 3. The van der Waals surface area contributed by atoms with Crippen LogP contribution in [0.1, 0.15) is 56.6 Å². The van der Waals surface area contributed by atoms with Crippen LogP contribution >= 0.6 is 0 Å². The first-order valence-electron chi connectivity index (χ1n) is 10.5. The second kappa shape index (κ2) is 9.58. The maximum Gasteiger partial charge on any atom is 0.329 e. The molecule has 3 aromatic rings. The van der Waals surface area contributed by atoms with E-state index in [9.17, 15) is 9.59 Å². The van der Waals surface area contributed by atoms with Crippen LogP contribution in [0.3, 0.4) is 0 Å². The van der Waals surface area contributed by atoms with Gasteiger partial charge in [0.2, 0.25) is 5.95 Å². The molecule has 0 radical (unpaired) electrons. The molecule has 2 heterocycles. The molecule has 29 heavy (non-hydrogen) atoms. The molecule has 0 saturated carbocycles. The number of anilines is 1. The van der Waals surface area contributed by atoms with Crippen LogP contribution < -0.4 is 16.6 Å². The smallest absolute Gasteiger partial charge is 0.329 e. The fourth-order valence-electron chi connectivity index (χ4n) is 3.52. The first-order valence-corrected chi connectivity index (χ1v) is 10.5. The van der Waals surface area contributed by atoms with Crippen LogP contribution in [0, 0.1) is 6.92 Å². The lowest BCUT2D eigenvalue weighted by molar-refractivity contribution is 0.565. The summed E-state index contributed by atoms with van der Waals surface area (Å²) in [5, 5.41) is 3.36. The lowest BCUT2D eigenvalue weighted by atomic mass is 10.1. The van der Waals surface area contributed by atoms with E-state index < -0.39 is 5.69 Å². The van der Waals surface area contributed by atoms with Crippen LogP contribution in [0.15, 0.2) is 33.9 Å².